The average molecular weight is 298 g/mol. The van der Waals surface area contributed by atoms with E-state index in [-0.39, 0.29) is 0 Å². The molecule has 1 N–H and O–H groups in total. The maximum atomic E-state index is 4.03. The molecule has 0 amide bonds. The van der Waals surface area contributed by atoms with Crippen LogP contribution in [0.15, 0.2) is 30.3 Å². The first-order valence-electron chi connectivity index (χ1n) is 9.35. The zero-order chi connectivity index (χ0) is 14.9. The molecule has 3 aliphatic rings. The number of nitrogens with one attached hydrogen (secondary N) is 1. The van der Waals surface area contributed by atoms with Crippen LogP contribution < -0.4 is 5.32 Å². The highest BCUT2D eigenvalue weighted by molar-refractivity contribution is 5.17. The quantitative estimate of drug-likeness (QED) is 0.884. The van der Waals surface area contributed by atoms with Crippen LogP contribution in [-0.2, 0) is 6.54 Å². The van der Waals surface area contributed by atoms with E-state index in [1.165, 1.54) is 76.4 Å². The molecular formula is C20H30N2. The van der Waals surface area contributed by atoms with Crippen LogP contribution in [0.5, 0.6) is 0 Å². The number of rotatable bonds is 2. The fourth-order valence-corrected chi connectivity index (χ4v) is 5.17. The summed E-state index contributed by atoms with van der Waals surface area (Å²) in [6.45, 7) is 3.63. The zero-order valence-electron chi connectivity index (χ0n) is 13.8. The van der Waals surface area contributed by atoms with Gasteiger partial charge in [0.15, 0.2) is 0 Å². The van der Waals surface area contributed by atoms with E-state index in [0.29, 0.717) is 11.1 Å². The van der Waals surface area contributed by atoms with Crippen LogP contribution in [0.3, 0.4) is 0 Å². The van der Waals surface area contributed by atoms with Gasteiger partial charge in [0.05, 0.1) is 0 Å². The fourth-order valence-electron chi connectivity index (χ4n) is 5.17. The van der Waals surface area contributed by atoms with Gasteiger partial charge in [-0.05, 0) is 31.2 Å². The van der Waals surface area contributed by atoms with Crippen molar-refractivity contribution in [1.29, 1.82) is 0 Å². The first kappa shape index (κ1) is 14.7. The van der Waals surface area contributed by atoms with Crippen molar-refractivity contribution in [2.75, 3.05) is 13.1 Å². The van der Waals surface area contributed by atoms with Crippen molar-refractivity contribution in [2.45, 2.75) is 75.4 Å². The smallest absolute Gasteiger partial charge is 0.0338 e. The summed E-state index contributed by atoms with van der Waals surface area (Å²) in [6, 6.07) is 11.1. The van der Waals surface area contributed by atoms with Gasteiger partial charge in [0.25, 0.3) is 0 Å². The summed E-state index contributed by atoms with van der Waals surface area (Å²) >= 11 is 0. The molecule has 0 bridgehead atoms. The molecule has 1 aromatic carbocycles. The normalized spacial score (nSPS) is 27.5. The Balaban J connectivity index is 1.58. The fraction of sp³-hybridized carbons (Fsp3) is 0.700. The van der Waals surface area contributed by atoms with Crippen molar-refractivity contribution >= 4 is 0 Å². The highest BCUT2D eigenvalue weighted by atomic mass is 15.3. The van der Waals surface area contributed by atoms with Crippen molar-refractivity contribution < 1.29 is 0 Å². The van der Waals surface area contributed by atoms with E-state index in [4.69, 9.17) is 0 Å². The van der Waals surface area contributed by atoms with Crippen molar-refractivity contribution in [3.05, 3.63) is 35.9 Å². The molecule has 1 aliphatic heterocycles. The number of nitrogens with zero attached hydrogens (tertiary/aromatic N) is 1. The van der Waals surface area contributed by atoms with E-state index >= 15 is 0 Å². The third-order valence-corrected chi connectivity index (χ3v) is 6.52. The van der Waals surface area contributed by atoms with Crippen LogP contribution >= 0.6 is 0 Å². The summed E-state index contributed by atoms with van der Waals surface area (Å²) in [6.07, 6.45) is 12.7. The monoisotopic (exact) mass is 298 g/mol. The Morgan fingerprint density at radius 3 is 2.27 bits per heavy atom. The van der Waals surface area contributed by atoms with Crippen LogP contribution in [0.1, 0.15) is 63.4 Å². The number of piperazine rings is 1. The van der Waals surface area contributed by atoms with Gasteiger partial charge in [-0.15, -0.1) is 0 Å². The Hall–Kier alpha value is -0.860. The molecule has 2 aliphatic carbocycles. The minimum Gasteiger partial charge on any atom is -0.308 e. The number of benzene rings is 1. The summed E-state index contributed by atoms with van der Waals surface area (Å²) in [7, 11) is 0. The molecule has 2 heteroatoms. The second-order valence-electron chi connectivity index (χ2n) is 7.97. The molecule has 0 unspecified atom stereocenters. The second kappa shape index (κ2) is 5.98. The van der Waals surface area contributed by atoms with Gasteiger partial charge < -0.3 is 5.32 Å². The SMILES string of the molecule is c1ccc(CN2CC3(CCCC3)NCC23CCCCC3)cc1. The van der Waals surface area contributed by atoms with E-state index in [1.807, 2.05) is 0 Å². The van der Waals surface area contributed by atoms with Crippen molar-refractivity contribution in [3.8, 4) is 0 Å². The van der Waals surface area contributed by atoms with Crippen LogP contribution in [0.2, 0.25) is 0 Å². The van der Waals surface area contributed by atoms with Gasteiger partial charge in [0.1, 0.15) is 0 Å². The largest absolute Gasteiger partial charge is 0.308 e. The molecule has 1 aromatic rings. The molecule has 2 spiro atoms. The molecule has 2 nitrogen and oxygen atoms in total. The van der Waals surface area contributed by atoms with E-state index in [9.17, 15) is 0 Å². The molecule has 0 atom stereocenters. The molecule has 1 heterocycles. The highest BCUT2D eigenvalue weighted by Gasteiger charge is 2.48. The lowest BCUT2D eigenvalue weighted by Crippen LogP contribution is -2.69. The predicted octanol–water partition coefficient (Wildman–Crippen LogP) is 4.11. The highest BCUT2D eigenvalue weighted by Crippen LogP contribution is 2.42. The summed E-state index contributed by atoms with van der Waals surface area (Å²) in [4.78, 5) is 2.88. The lowest BCUT2D eigenvalue weighted by Gasteiger charge is -2.55. The minimum atomic E-state index is 0.428. The van der Waals surface area contributed by atoms with E-state index < -0.39 is 0 Å². The molecule has 2 saturated carbocycles. The molecule has 4 rings (SSSR count). The van der Waals surface area contributed by atoms with E-state index in [2.05, 4.69) is 40.5 Å². The Kier molecular flexibility index (Phi) is 4.00. The maximum absolute atomic E-state index is 4.03. The topological polar surface area (TPSA) is 15.3 Å². The zero-order valence-corrected chi connectivity index (χ0v) is 13.8. The van der Waals surface area contributed by atoms with E-state index in [1.54, 1.807) is 0 Å². The molecule has 120 valence electrons. The van der Waals surface area contributed by atoms with Gasteiger partial charge in [0.2, 0.25) is 0 Å². The first-order chi connectivity index (χ1) is 10.8. The molecular weight excluding hydrogens is 268 g/mol. The molecule has 1 saturated heterocycles. The maximum Gasteiger partial charge on any atom is 0.0338 e. The van der Waals surface area contributed by atoms with Gasteiger partial charge in [0, 0.05) is 30.7 Å². The van der Waals surface area contributed by atoms with Gasteiger partial charge >= 0.3 is 0 Å². The minimum absolute atomic E-state index is 0.428. The Bertz CT molecular complexity index is 484. The van der Waals surface area contributed by atoms with Crippen LogP contribution in [0.4, 0.5) is 0 Å². The summed E-state index contributed by atoms with van der Waals surface area (Å²) < 4.78 is 0. The number of hydrogen-bond donors (Lipinski definition) is 1. The van der Waals surface area contributed by atoms with Crippen molar-refractivity contribution in [3.63, 3.8) is 0 Å². The van der Waals surface area contributed by atoms with Gasteiger partial charge in [-0.2, -0.15) is 0 Å². The average Bonchev–Trinajstić information content (AvgIpc) is 3.02. The van der Waals surface area contributed by atoms with Gasteiger partial charge in [-0.25, -0.2) is 0 Å². The van der Waals surface area contributed by atoms with Crippen LogP contribution in [-0.4, -0.2) is 29.1 Å². The molecule has 3 fully saturated rings. The lowest BCUT2D eigenvalue weighted by molar-refractivity contribution is -0.0237. The predicted molar refractivity (Wildman–Crippen MR) is 91.9 cm³/mol. The Morgan fingerprint density at radius 2 is 1.55 bits per heavy atom. The lowest BCUT2D eigenvalue weighted by atomic mass is 9.76. The first-order valence-corrected chi connectivity index (χ1v) is 9.35. The second-order valence-corrected chi connectivity index (χ2v) is 7.97. The Morgan fingerprint density at radius 1 is 0.864 bits per heavy atom. The third-order valence-electron chi connectivity index (χ3n) is 6.52. The van der Waals surface area contributed by atoms with Gasteiger partial charge in [-0.3, -0.25) is 4.90 Å². The Labute approximate surface area is 135 Å². The van der Waals surface area contributed by atoms with Crippen LogP contribution in [0.25, 0.3) is 0 Å². The van der Waals surface area contributed by atoms with E-state index in [0.717, 1.165) is 6.54 Å². The summed E-state index contributed by atoms with van der Waals surface area (Å²) in [5, 5.41) is 4.03. The van der Waals surface area contributed by atoms with Crippen molar-refractivity contribution in [1.82, 2.24) is 10.2 Å². The molecule has 0 radical (unpaired) electrons. The standard InChI is InChI=1S/C20H30N2/c1-3-9-18(10-4-1)15-22-17-19(11-7-8-12-19)21-16-20(22)13-5-2-6-14-20/h1,3-4,9-10,21H,2,5-8,11-17H2. The third kappa shape index (κ3) is 2.72. The molecule has 22 heavy (non-hydrogen) atoms. The van der Waals surface area contributed by atoms with Crippen LogP contribution in [0, 0.1) is 0 Å². The summed E-state index contributed by atoms with van der Waals surface area (Å²) in [5.41, 5.74) is 2.35. The van der Waals surface area contributed by atoms with Crippen molar-refractivity contribution in [2.24, 2.45) is 0 Å². The summed E-state index contributed by atoms with van der Waals surface area (Å²) in [5.74, 6) is 0. The molecule has 0 aromatic heterocycles. The van der Waals surface area contributed by atoms with Gasteiger partial charge in [-0.1, -0.05) is 62.4 Å². The number of hydrogen-bond acceptors (Lipinski definition) is 2.